The Morgan fingerprint density at radius 3 is 2.15 bits per heavy atom. The number of hydrogen-bond donors (Lipinski definition) is 0. The minimum atomic E-state index is 0.227. The molecular weight excluding hydrogens is 166 g/mol. The lowest BCUT2D eigenvalue weighted by Crippen LogP contribution is -2.40. The van der Waals surface area contributed by atoms with Crippen LogP contribution in [0.15, 0.2) is 0 Å². The van der Waals surface area contributed by atoms with Gasteiger partial charge < -0.3 is 9.47 Å². The fourth-order valence-electron chi connectivity index (χ4n) is 0.781. The standard InChI is InChI=1S/C10H23NO2/c1-10(2,3)11(4)6-7-13-9-8-12-5/h6-9H2,1-5H3. The molecule has 0 aromatic carbocycles. The van der Waals surface area contributed by atoms with Gasteiger partial charge in [0.2, 0.25) is 0 Å². The summed E-state index contributed by atoms with van der Waals surface area (Å²) < 4.78 is 10.3. The molecule has 0 aromatic rings. The van der Waals surface area contributed by atoms with E-state index < -0.39 is 0 Å². The van der Waals surface area contributed by atoms with Crippen LogP contribution >= 0.6 is 0 Å². The van der Waals surface area contributed by atoms with Crippen LogP contribution in [-0.2, 0) is 9.47 Å². The van der Waals surface area contributed by atoms with Gasteiger partial charge in [-0.15, -0.1) is 0 Å². The van der Waals surface area contributed by atoms with Gasteiger partial charge in [-0.2, -0.15) is 0 Å². The second-order valence-corrected chi connectivity index (χ2v) is 4.20. The van der Waals surface area contributed by atoms with Gasteiger partial charge in [0.15, 0.2) is 0 Å². The molecule has 0 saturated heterocycles. The summed E-state index contributed by atoms with van der Waals surface area (Å²) in [6.45, 7) is 9.70. The Kier molecular flexibility index (Phi) is 6.29. The van der Waals surface area contributed by atoms with Gasteiger partial charge in [0.25, 0.3) is 0 Å². The van der Waals surface area contributed by atoms with E-state index in [1.807, 2.05) is 0 Å². The average molecular weight is 189 g/mol. The zero-order valence-electron chi connectivity index (χ0n) is 9.59. The van der Waals surface area contributed by atoms with E-state index in [1.165, 1.54) is 0 Å². The SMILES string of the molecule is COCCOCCN(C)C(C)(C)C. The van der Waals surface area contributed by atoms with E-state index >= 15 is 0 Å². The maximum Gasteiger partial charge on any atom is 0.0700 e. The van der Waals surface area contributed by atoms with E-state index in [0.717, 1.165) is 13.2 Å². The van der Waals surface area contributed by atoms with Crippen LogP contribution in [0.5, 0.6) is 0 Å². The minimum absolute atomic E-state index is 0.227. The zero-order valence-corrected chi connectivity index (χ0v) is 9.59. The van der Waals surface area contributed by atoms with Gasteiger partial charge in [0, 0.05) is 19.2 Å². The maximum atomic E-state index is 5.37. The van der Waals surface area contributed by atoms with Gasteiger partial charge in [-0.3, -0.25) is 4.90 Å². The second-order valence-electron chi connectivity index (χ2n) is 4.20. The zero-order chi connectivity index (χ0) is 10.3. The van der Waals surface area contributed by atoms with E-state index in [-0.39, 0.29) is 5.54 Å². The number of nitrogens with zero attached hydrogens (tertiary/aromatic N) is 1. The molecule has 80 valence electrons. The van der Waals surface area contributed by atoms with E-state index in [2.05, 4.69) is 32.7 Å². The fraction of sp³-hybridized carbons (Fsp3) is 1.00. The van der Waals surface area contributed by atoms with Gasteiger partial charge in [-0.1, -0.05) is 0 Å². The largest absolute Gasteiger partial charge is 0.382 e. The van der Waals surface area contributed by atoms with Gasteiger partial charge in [-0.25, -0.2) is 0 Å². The highest BCUT2D eigenvalue weighted by molar-refractivity contribution is 4.71. The first-order valence-electron chi connectivity index (χ1n) is 4.76. The van der Waals surface area contributed by atoms with Crippen LogP contribution < -0.4 is 0 Å². The van der Waals surface area contributed by atoms with Gasteiger partial charge in [0.05, 0.1) is 19.8 Å². The van der Waals surface area contributed by atoms with Gasteiger partial charge >= 0.3 is 0 Å². The van der Waals surface area contributed by atoms with E-state index in [0.29, 0.717) is 13.2 Å². The highest BCUT2D eigenvalue weighted by atomic mass is 16.5. The molecule has 0 fully saturated rings. The van der Waals surface area contributed by atoms with Crippen LogP contribution in [0.2, 0.25) is 0 Å². The summed E-state index contributed by atoms with van der Waals surface area (Å²) >= 11 is 0. The third kappa shape index (κ3) is 6.99. The molecule has 13 heavy (non-hydrogen) atoms. The molecule has 0 radical (unpaired) electrons. The summed E-state index contributed by atoms with van der Waals surface area (Å²) in [5.41, 5.74) is 0.227. The first-order valence-corrected chi connectivity index (χ1v) is 4.76. The number of rotatable bonds is 6. The van der Waals surface area contributed by atoms with Crippen molar-refractivity contribution in [3.05, 3.63) is 0 Å². The van der Waals surface area contributed by atoms with Crippen LogP contribution in [0, 0.1) is 0 Å². The van der Waals surface area contributed by atoms with Crippen molar-refractivity contribution in [1.82, 2.24) is 4.90 Å². The Bertz CT molecular complexity index is 121. The molecule has 0 amide bonds. The Labute approximate surface area is 82.0 Å². The molecule has 0 N–H and O–H groups in total. The topological polar surface area (TPSA) is 21.7 Å². The van der Waals surface area contributed by atoms with Crippen molar-refractivity contribution in [3.8, 4) is 0 Å². The van der Waals surface area contributed by atoms with Gasteiger partial charge in [-0.05, 0) is 27.8 Å². The second kappa shape index (κ2) is 6.35. The Morgan fingerprint density at radius 2 is 1.69 bits per heavy atom. The molecule has 0 saturated carbocycles. The van der Waals surface area contributed by atoms with Crippen molar-refractivity contribution in [3.63, 3.8) is 0 Å². The van der Waals surface area contributed by atoms with Crippen molar-refractivity contribution in [2.24, 2.45) is 0 Å². The summed E-state index contributed by atoms with van der Waals surface area (Å²) in [5.74, 6) is 0. The molecular formula is C10H23NO2. The lowest BCUT2D eigenvalue weighted by molar-refractivity contribution is 0.0469. The Hall–Kier alpha value is -0.120. The minimum Gasteiger partial charge on any atom is -0.382 e. The van der Waals surface area contributed by atoms with Crippen molar-refractivity contribution in [1.29, 1.82) is 0 Å². The molecule has 0 aliphatic heterocycles. The highest BCUT2D eigenvalue weighted by Gasteiger charge is 2.15. The molecule has 0 unspecified atom stereocenters. The van der Waals surface area contributed by atoms with Crippen LogP contribution in [-0.4, -0.2) is 51.0 Å². The molecule has 0 aliphatic rings. The average Bonchev–Trinajstić information content (AvgIpc) is 2.02. The van der Waals surface area contributed by atoms with E-state index in [4.69, 9.17) is 9.47 Å². The van der Waals surface area contributed by atoms with Gasteiger partial charge in [0.1, 0.15) is 0 Å². The lowest BCUT2D eigenvalue weighted by Gasteiger charge is -2.31. The van der Waals surface area contributed by atoms with Crippen molar-refractivity contribution < 1.29 is 9.47 Å². The quantitative estimate of drug-likeness (QED) is 0.589. The van der Waals surface area contributed by atoms with Crippen molar-refractivity contribution >= 4 is 0 Å². The number of ether oxygens (including phenoxy) is 2. The number of likely N-dealkylation sites (N-methyl/N-ethyl adjacent to an activating group) is 1. The normalized spacial score (nSPS) is 12.5. The summed E-state index contributed by atoms with van der Waals surface area (Å²) in [7, 11) is 3.80. The Balaban J connectivity index is 3.32. The first kappa shape index (κ1) is 12.9. The van der Waals surface area contributed by atoms with Crippen LogP contribution in [0.25, 0.3) is 0 Å². The number of hydrogen-bond acceptors (Lipinski definition) is 3. The lowest BCUT2D eigenvalue weighted by atomic mass is 10.1. The molecule has 0 rings (SSSR count). The predicted octanol–water partition coefficient (Wildman–Crippen LogP) is 1.38. The number of methoxy groups -OCH3 is 1. The third-order valence-electron chi connectivity index (χ3n) is 2.15. The third-order valence-corrected chi connectivity index (χ3v) is 2.15. The molecule has 0 aromatic heterocycles. The molecule has 0 heterocycles. The van der Waals surface area contributed by atoms with Crippen LogP contribution in [0.1, 0.15) is 20.8 Å². The molecule has 0 atom stereocenters. The summed E-state index contributed by atoms with van der Waals surface area (Å²) in [4.78, 5) is 2.28. The van der Waals surface area contributed by atoms with E-state index in [1.54, 1.807) is 7.11 Å². The predicted molar refractivity (Wildman–Crippen MR) is 55.1 cm³/mol. The van der Waals surface area contributed by atoms with E-state index in [9.17, 15) is 0 Å². The fourth-order valence-corrected chi connectivity index (χ4v) is 0.781. The Morgan fingerprint density at radius 1 is 1.08 bits per heavy atom. The maximum absolute atomic E-state index is 5.37. The van der Waals surface area contributed by atoms with Crippen LogP contribution in [0.3, 0.4) is 0 Å². The molecule has 0 bridgehead atoms. The summed E-state index contributed by atoms with van der Waals surface area (Å²) in [5, 5.41) is 0. The highest BCUT2D eigenvalue weighted by Crippen LogP contribution is 2.08. The molecule has 3 nitrogen and oxygen atoms in total. The summed E-state index contributed by atoms with van der Waals surface area (Å²) in [6, 6.07) is 0. The van der Waals surface area contributed by atoms with Crippen molar-refractivity contribution in [2.75, 3.05) is 40.5 Å². The van der Waals surface area contributed by atoms with Crippen LogP contribution in [0.4, 0.5) is 0 Å². The molecule has 0 aliphatic carbocycles. The summed E-state index contributed by atoms with van der Waals surface area (Å²) in [6.07, 6.45) is 0. The van der Waals surface area contributed by atoms with Crippen molar-refractivity contribution in [2.45, 2.75) is 26.3 Å². The first-order chi connectivity index (χ1) is 5.98. The monoisotopic (exact) mass is 189 g/mol. The molecule has 0 spiro atoms. The smallest absolute Gasteiger partial charge is 0.0700 e. The molecule has 3 heteroatoms.